The lowest BCUT2D eigenvalue weighted by atomic mass is 9.93. The lowest BCUT2D eigenvalue weighted by Crippen LogP contribution is -2.50. The first-order valence-electron chi connectivity index (χ1n) is 9.09. The largest absolute Gasteiger partial charge is 0.355 e. The first-order valence-corrected chi connectivity index (χ1v) is 9.09. The van der Waals surface area contributed by atoms with Crippen LogP contribution in [0.1, 0.15) is 31.2 Å². The molecular weight excluding hydrogens is 286 g/mol. The lowest BCUT2D eigenvalue weighted by molar-refractivity contribution is -0.127. The van der Waals surface area contributed by atoms with Gasteiger partial charge in [-0.05, 0) is 57.3 Å². The van der Waals surface area contributed by atoms with Gasteiger partial charge in [-0.2, -0.15) is 0 Å². The van der Waals surface area contributed by atoms with Crippen LogP contribution in [-0.2, 0) is 11.2 Å². The smallest absolute Gasteiger partial charge is 0.224 e. The van der Waals surface area contributed by atoms with Crippen LogP contribution in [0.25, 0.3) is 0 Å². The Bertz CT molecular complexity index is 485. The summed E-state index contributed by atoms with van der Waals surface area (Å²) in [4.78, 5) is 15.0. The predicted octanol–water partition coefficient (Wildman–Crippen LogP) is 1.81. The van der Waals surface area contributed by atoms with Crippen molar-refractivity contribution in [2.45, 2.75) is 38.1 Å². The molecule has 23 heavy (non-hydrogen) atoms. The molecule has 0 radical (unpaired) electrons. The summed E-state index contributed by atoms with van der Waals surface area (Å²) >= 11 is 0. The minimum absolute atomic E-state index is 0.175. The molecule has 4 nitrogen and oxygen atoms in total. The predicted molar refractivity (Wildman–Crippen MR) is 93.3 cm³/mol. The summed E-state index contributed by atoms with van der Waals surface area (Å²) in [7, 11) is 0. The molecule has 2 aliphatic rings. The third-order valence-electron chi connectivity index (χ3n) is 5.20. The van der Waals surface area contributed by atoms with E-state index in [2.05, 4.69) is 39.8 Å². The molecular formula is C19H29N3O. The van der Waals surface area contributed by atoms with Crippen molar-refractivity contribution < 1.29 is 4.79 Å². The van der Waals surface area contributed by atoms with Crippen LogP contribution in [0.15, 0.2) is 30.3 Å². The molecule has 0 bridgehead atoms. The second kappa shape index (κ2) is 8.46. The molecule has 2 N–H and O–H groups in total. The number of carbonyl (C=O) groups excluding carboxylic acids is 1. The monoisotopic (exact) mass is 315 g/mol. The van der Waals surface area contributed by atoms with Crippen LogP contribution < -0.4 is 10.6 Å². The molecule has 2 saturated heterocycles. The van der Waals surface area contributed by atoms with Crippen molar-refractivity contribution in [2.75, 3.05) is 32.7 Å². The summed E-state index contributed by atoms with van der Waals surface area (Å²) in [5, 5.41) is 6.57. The SMILES string of the molecule is O=C(NCCc1ccccc1)C1CCCN(C2CCNCC2)C1. The number of nitrogens with one attached hydrogen (secondary N) is 2. The summed E-state index contributed by atoms with van der Waals surface area (Å²) in [6, 6.07) is 11.0. The fourth-order valence-corrected chi connectivity index (χ4v) is 3.84. The van der Waals surface area contributed by atoms with Gasteiger partial charge in [0.15, 0.2) is 0 Å². The van der Waals surface area contributed by atoms with Gasteiger partial charge in [-0.3, -0.25) is 9.69 Å². The topological polar surface area (TPSA) is 44.4 Å². The number of hydrogen-bond acceptors (Lipinski definition) is 3. The summed E-state index contributed by atoms with van der Waals surface area (Å²) in [6.07, 6.45) is 5.56. The molecule has 2 fully saturated rings. The number of hydrogen-bond donors (Lipinski definition) is 2. The van der Waals surface area contributed by atoms with Gasteiger partial charge in [0.2, 0.25) is 5.91 Å². The highest BCUT2D eigenvalue weighted by Crippen LogP contribution is 2.22. The Balaban J connectivity index is 1.43. The zero-order chi connectivity index (χ0) is 15.9. The zero-order valence-electron chi connectivity index (χ0n) is 14.0. The Kier molecular flexibility index (Phi) is 6.06. The van der Waals surface area contributed by atoms with Crippen molar-refractivity contribution in [3.05, 3.63) is 35.9 Å². The highest BCUT2D eigenvalue weighted by atomic mass is 16.1. The van der Waals surface area contributed by atoms with E-state index in [1.807, 2.05) is 6.07 Å². The van der Waals surface area contributed by atoms with Crippen molar-refractivity contribution in [2.24, 2.45) is 5.92 Å². The maximum atomic E-state index is 12.5. The number of amides is 1. The highest BCUT2D eigenvalue weighted by Gasteiger charge is 2.30. The summed E-state index contributed by atoms with van der Waals surface area (Å²) < 4.78 is 0. The Morgan fingerprint density at radius 2 is 1.96 bits per heavy atom. The van der Waals surface area contributed by atoms with Crippen molar-refractivity contribution in [1.82, 2.24) is 15.5 Å². The first-order chi connectivity index (χ1) is 11.3. The molecule has 0 aromatic heterocycles. The van der Waals surface area contributed by atoms with Crippen LogP contribution in [0.5, 0.6) is 0 Å². The van der Waals surface area contributed by atoms with Crippen LogP contribution in [0.3, 0.4) is 0 Å². The van der Waals surface area contributed by atoms with E-state index in [1.54, 1.807) is 0 Å². The van der Waals surface area contributed by atoms with Gasteiger partial charge in [0, 0.05) is 19.1 Å². The van der Waals surface area contributed by atoms with Crippen LogP contribution in [0.2, 0.25) is 0 Å². The Labute approximate surface area is 139 Å². The lowest BCUT2D eigenvalue weighted by Gasteiger charge is -2.39. The minimum Gasteiger partial charge on any atom is -0.355 e. The Hall–Kier alpha value is -1.39. The van der Waals surface area contributed by atoms with Crippen LogP contribution in [-0.4, -0.2) is 49.6 Å². The Morgan fingerprint density at radius 3 is 2.74 bits per heavy atom. The molecule has 1 aromatic rings. The summed E-state index contributed by atoms with van der Waals surface area (Å²) in [5.74, 6) is 0.425. The van der Waals surface area contributed by atoms with E-state index in [0.717, 1.165) is 45.4 Å². The van der Waals surface area contributed by atoms with E-state index in [9.17, 15) is 4.79 Å². The summed E-state index contributed by atoms with van der Waals surface area (Å²) in [6.45, 7) is 5.09. The van der Waals surface area contributed by atoms with Gasteiger partial charge in [-0.15, -0.1) is 0 Å². The van der Waals surface area contributed by atoms with Gasteiger partial charge in [-0.1, -0.05) is 30.3 Å². The maximum absolute atomic E-state index is 12.5. The second-order valence-corrected chi connectivity index (χ2v) is 6.84. The van der Waals surface area contributed by atoms with Crippen molar-refractivity contribution in [1.29, 1.82) is 0 Å². The van der Waals surface area contributed by atoms with E-state index in [0.29, 0.717) is 6.04 Å². The number of carbonyl (C=O) groups is 1. The standard InChI is InChI=1S/C19H29N3O/c23-19(21-13-8-16-5-2-1-3-6-16)17-7-4-14-22(15-17)18-9-11-20-12-10-18/h1-3,5-6,17-18,20H,4,7-15H2,(H,21,23). The van der Waals surface area contributed by atoms with Gasteiger partial charge in [-0.25, -0.2) is 0 Å². The van der Waals surface area contributed by atoms with Crippen LogP contribution >= 0.6 is 0 Å². The van der Waals surface area contributed by atoms with E-state index < -0.39 is 0 Å². The van der Waals surface area contributed by atoms with E-state index in [1.165, 1.54) is 24.9 Å². The van der Waals surface area contributed by atoms with Gasteiger partial charge in [0.1, 0.15) is 0 Å². The quantitative estimate of drug-likeness (QED) is 0.871. The van der Waals surface area contributed by atoms with Crippen molar-refractivity contribution in [3.8, 4) is 0 Å². The van der Waals surface area contributed by atoms with Crippen LogP contribution in [0.4, 0.5) is 0 Å². The summed E-state index contributed by atoms with van der Waals surface area (Å²) in [5.41, 5.74) is 1.28. The molecule has 2 aliphatic heterocycles. The molecule has 1 amide bonds. The molecule has 2 heterocycles. The highest BCUT2D eigenvalue weighted by molar-refractivity contribution is 5.79. The van der Waals surface area contributed by atoms with E-state index in [-0.39, 0.29) is 11.8 Å². The fourth-order valence-electron chi connectivity index (χ4n) is 3.84. The number of nitrogens with zero attached hydrogens (tertiary/aromatic N) is 1. The van der Waals surface area contributed by atoms with Gasteiger partial charge in [0.25, 0.3) is 0 Å². The molecule has 1 aromatic carbocycles. The first kappa shape index (κ1) is 16.5. The van der Waals surface area contributed by atoms with E-state index >= 15 is 0 Å². The molecule has 0 spiro atoms. The molecule has 1 unspecified atom stereocenters. The third kappa shape index (κ3) is 4.79. The van der Waals surface area contributed by atoms with Crippen molar-refractivity contribution in [3.63, 3.8) is 0 Å². The van der Waals surface area contributed by atoms with Crippen molar-refractivity contribution >= 4 is 5.91 Å². The number of rotatable bonds is 5. The average Bonchev–Trinajstić information content (AvgIpc) is 2.63. The van der Waals surface area contributed by atoms with Gasteiger partial charge in [0.05, 0.1) is 5.92 Å². The van der Waals surface area contributed by atoms with E-state index in [4.69, 9.17) is 0 Å². The van der Waals surface area contributed by atoms with Gasteiger partial charge < -0.3 is 10.6 Å². The number of piperidine rings is 2. The second-order valence-electron chi connectivity index (χ2n) is 6.84. The molecule has 0 saturated carbocycles. The molecule has 0 aliphatic carbocycles. The Morgan fingerprint density at radius 1 is 1.17 bits per heavy atom. The maximum Gasteiger partial charge on any atom is 0.224 e. The third-order valence-corrected chi connectivity index (χ3v) is 5.20. The van der Waals surface area contributed by atoms with Gasteiger partial charge >= 0.3 is 0 Å². The number of likely N-dealkylation sites (tertiary alicyclic amines) is 1. The minimum atomic E-state index is 0.175. The fraction of sp³-hybridized carbons (Fsp3) is 0.632. The molecule has 3 rings (SSSR count). The molecule has 4 heteroatoms. The normalized spacial score (nSPS) is 23.6. The molecule has 1 atom stereocenters. The average molecular weight is 315 g/mol. The van der Waals surface area contributed by atoms with Crippen LogP contribution in [0, 0.1) is 5.92 Å². The molecule has 126 valence electrons. The number of benzene rings is 1. The zero-order valence-corrected chi connectivity index (χ0v) is 14.0.